The lowest BCUT2D eigenvalue weighted by molar-refractivity contribution is 0.276. The molecule has 0 radical (unpaired) electrons. The molecule has 0 fully saturated rings. The van der Waals surface area contributed by atoms with Crippen LogP contribution in [0.5, 0.6) is 0 Å². The van der Waals surface area contributed by atoms with Crippen molar-refractivity contribution in [1.82, 2.24) is 0 Å². The highest BCUT2D eigenvalue weighted by Crippen LogP contribution is 2.40. The predicted octanol–water partition coefficient (Wildman–Crippen LogP) is -0.0453. The minimum absolute atomic E-state index is 0.118. The van der Waals surface area contributed by atoms with E-state index in [4.69, 9.17) is 15.8 Å². The van der Waals surface area contributed by atoms with Crippen LogP contribution in [-0.2, 0) is 9.09 Å². The van der Waals surface area contributed by atoms with Crippen LogP contribution in [0.2, 0.25) is 0 Å². The van der Waals surface area contributed by atoms with Crippen LogP contribution in [0, 0.1) is 0 Å². The normalized spacial score (nSPS) is 17.8. The van der Waals surface area contributed by atoms with Crippen molar-refractivity contribution in [3.05, 3.63) is 0 Å². The molecule has 0 bridgehead atoms. The minimum atomic E-state index is -3.68. The number of hydrogen-bond acceptors (Lipinski definition) is 4. The third-order valence-electron chi connectivity index (χ3n) is 0.821. The van der Waals surface area contributed by atoms with Crippen molar-refractivity contribution < 1.29 is 19.2 Å². The average molecular weight is 182 g/mol. The summed E-state index contributed by atoms with van der Waals surface area (Å²) in [4.78, 5) is 8.88. The zero-order valence-electron chi connectivity index (χ0n) is 6.10. The van der Waals surface area contributed by atoms with E-state index in [1.54, 1.807) is 6.92 Å². The summed E-state index contributed by atoms with van der Waals surface area (Å²) in [5.41, 5.74) is 4.98. The fraction of sp³-hybridized carbons (Fsp3) is 0.750. The maximum atomic E-state index is 10.8. The summed E-state index contributed by atoms with van der Waals surface area (Å²) in [6.07, 6.45) is -0.447. The van der Waals surface area contributed by atoms with Crippen LogP contribution in [-0.4, -0.2) is 28.7 Å². The van der Waals surface area contributed by atoms with Crippen molar-refractivity contribution >= 4 is 13.4 Å². The van der Waals surface area contributed by atoms with Gasteiger partial charge in [0, 0.05) is 0 Å². The standard InChI is InChI=1S/C4H11N2O4P/c1-2-10-11(8,9)3-4(5)6-7/h7H,2-3H2,1H3,(H2,5,6)(H,8,9). The fourth-order valence-corrected chi connectivity index (χ4v) is 1.45. The predicted molar refractivity (Wildman–Crippen MR) is 39.7 cm³/mol. The van der Waals surface area contributed by atoms with Crippen molar-refractivity contribution in [3.8, 4) is 0 Å². The molecule has 0 aliphatic carbocycles. The zero-order chi connectivity index (χ0) is 8.91. The van der Waals surface area contributed by atoms with E-state index in [2.05, 4.69) is 9.68 Å². The van der Waals surface area contributed by atoms with E-state index in [1.807, 2.05) is 0 Å². The molecule has 6 nitrogen and oxygen atoms in total. The maximum absolute atomic E-state index is 10.8. The molecule has 1 unspecified atom stereocenters. The van der Waals surface area contributed by atoms with E-state index in [9.17, 15) is 4.57 Å². The van der Waals surface area contributed by atoms with Gasteiger partial charge >= 0.3 is 7.60 Å². The molecule has 0 spiro atoms. The molecule has 0 amide bonds. The SMILES string of the molecule is CCOP(=O)(O)CC(N)=NO. The second kappa shape index (κ2) is 4.33. The first kappa shape index (κ1) is 10.4. The van der Waals surface area contributed by atoms with Crippen molar-refractivity contribution in [3.63, 3.8) is 0 Å². The maximum Gasteiger partial charge on any atom is 0.335 e. The van der Waals surface area contributed by atoms with Gasteiger partial charge in [0.25, 0.3) is 0 Å². The Hall–Kier alpha value is -0.580. The van der Waals surface area contributed by atoms with E-state index in [1.165, 1.54) is 0 Å². The number of rotatable bonds is 4. The fourth-order valence-electron chi connectivity index (χ4n) is 0.484. The first-order chi connectivity index (χ1) is 5.02. The second-order valence-electron chi connectivity index (χ2n) is 1.80. The van der Waals surface area contributed by atoms with Gasteiger partial charge in [-0.05, 0) is 6.92 Å². The number of amidine groups is 1. The molecular weight excluding hydrogens is 171 g/mol. The first-order valence-corrected chi connectivity index (χ1v) is 4.71. The molecule has 0 saturated heterocycles. The molecule has 0 heterocycles. The van der Waals surface area contributed by atoms with Gasteiger partial charge in [-0.25, -0.2) is 0 Å². The molecule has 7 heteroatoms. The quantitative estimate of drug-likeness (QED) is 0.186. The van der Waals surface area contributed by atoms with E-state index >= 15 is 0 Å². The summed E-state index contributed by atoms with van der Waals surface area (Å²) in [6.45, 7) is 1.70. The summed E-state index contributed by atoms with van der Waals surface area (Å²) in [5, 5.41) is 10.6. The lowest BCUT2D eigenvalue weighted by atomic mass is 10.7. The first-order valence-electron chi connectivity index (χ1n) is 2.94. The van der Waals surface area contributed by atoms with Crippen molar-refractivity contribution in [2.45, 2.75) is 6.92 Å². The number of oxime groups is 1. The van der Waals surface area contributed by atoms with E-state index in [0.717, 1.165) is 0 Å². The van der Waals surface area contributed by atoms with Crippen molar-refractivity contribution in [1.29, 1.82) is 0 Å². The Balaban J connectivity index is 4.02. The van der Waals surface area contributed by atoms with Crippen LogP contribution < -0.4 is 5.73 Å². The molecular formula is C4H11N2O4P. The Morgan fingerprint density at radius 1 is 1.82 bits per heavy atom. The summed E-state index contributed by atoms with van der Waals surface area (Å²) in [6, 6.07) is 0. The van der Waals surface area contributed by atoms with Crippen LogP contribution in [0.3, 0.4) is 0 Å². The topological polar surface area (TPSA) is 105 Å². The van der Waals surface area contributed by atoms with Gasteiger partial charge in [0.15, 0.2) is 5.84 Å². The van der Waals surface area contributed by atoms with Gasteiger partial charge in [-0.2, -0.15) is 0 Å². The average Bonchev–Trinajstić information content (AvgIpc) is 1.86. The Morgan fingerprint density at radius 2 is 2.36 bits per heavy atom. The highest BCUT2D eigenvalue weighted by atomic mass is 31.2. The monoisotopic (exact) mass is 182 g/mol. The Morgan fingerprint density at radius 3 is 2.73 bits per heavy atom. The molecule has 0 aromatic heterocycles. The Kier molecular flexibility index (Phi) is 4.10. The van der Waals surface area contributed by atoms with Gasteiger partial charge in [0.2, 0.25) is 0 Å². The highest BCUT2D eigenvalue weighted by molar-refractivity contribution is 7.53. The largest absolute Gasteiger partial charge is 0.409 e. The van der Waals surface area contributed by atoms with Gasteiger partial charge < -0.3 is 20.4 Å². The van der Waals surface area contributed by atoms with Crippen molar-refractivity contribution in [2.75, 3.05) is 12.8 Å². The second-order valence-corrected chi connectivity index (χ2v) is 3.65. The van der Waals surface area contributed by atoms with Crippen molar-refractivity contribution in [2.24, 2.45) is 10.9 Å². The van der Waals surface area contributed by atoms with Gasteiger partial charge in [0.1, 0.15) is 6.16 Å². The lowest BCUT2D eigenvalue weighted by Gasteiger charge is -2.08. The number of nitrogens with zero attached hydrogens (tertiary/aromatic N) is 1. The van der Waals surface area contributed by atoms with E-state index in [0.29, 0.717) is 0 Å². The zero-order valence-corrected chi connectivity index (χ0v) is 6.99. The van der Waals surface area contributed by atoms with Gasteiger partial charge in [0.05, 0.1) is 6.61 Å². The Bertz CT molecular complexity index is 193. The molecule has 66 valence electrons. The molecule has 1 atom stereocenters. The minimum Gasteiger partial charge on any atom is -0.409 e. The molecule has 0 aromatic rings. The van der Waals surface area contributed by atoms with Crippen LogP contribution >= 0.6 is 7.60 Å². The van der Waals surface area contributed by atoms with E-state index in [-0.39, 0.29) is 12.4 Å². The molecule has 0 rings (SSSR count). The molecule has 0 aliphatic heterocycles. The van der Waals surface area contributed by atoms with Gasteiger partial charge in [-0.1, -0.05) is 5.16 Å². The third-order valence-corrected chi connectivity index (χ3v) is 2.21. The smallest absolute Gasteiger partial charge is 0.335 e. The number of nitrogens with two attached hydrogens (primary N) is 1. The van der Waals surface area contributed by atoms with Crippen LogP contribution in [0.15, 0.2) is 5.16 Å². The summed E-state index contributed by atoms with van der Waals surface area (Å²) in [5.74, 6) is -0.315. The molecule has 0 aromatic carbocycles. The van der Waals surface area contributed by atoms with Gasteiger partial charge in [-0.3, -0.25) is 4.57 Å². The molecule has 4 N–H and O–H groups in total. The van der Waals surface area contributed by atoms with Gasteiger partial charge in [-0.15, -0.1) is 0 Å². The van der Waals surface area contributed by atoms with E-state index < -0.39 is 13.8 Å². The molecule has 0 aliphatic rings. The molecule has 11 heavy (non-hydrogen) atoms. The third kappa shape index (κ3) is 4.78. The summed E-state index contributed by atoms with van der Waals surface area (Å²) < 4.78 is 15.3. The lowest BCUT2D eigenvalue weighted by Crippen LogP contribution is -2.17. The molecule has 0 saturated carbocycles. The van der Waals surface area contributed by atoms with Crippen LogP contribution in [0.25, 0.3) is 0 Å². The van der Waals surface area contributed by atoms with Crippen LogP contribution in [0.4, 0.5) is 0 Å². The summed E-state index contributed by atoms with van der Waals surface area (Å²) >= 11 is 0. The Labute approximate surface area is 64.2 Å². The number of hydrogen-bond donors (Lipinski definition) is 3. The van der Waals surface area contributed by atoms with Crippen LogP contribution in [0.1, 0.15) is 6.92 Å². The summed E-state index contributed by atoms with van der Waals surface area (Å²) in [7, 11) is -3.68. The highest BCUT2D eigenvalue weighted by Gasteiger charge is 2.20.